The highest BCUT2D eigenvalue weighted by molar-refractivity contribution is 7.89. The summed E-state index contributed by atoms with van der Waals surface area (Å²) in [5.74, 6) is -1.40. The molecule has 47 heavy (non-hydrogen) atoms. The van der Waals surface area contributed by atoms with Crippen LogP contribution in [0.25, 0.3) is 0 Å². The van der Waals surface area contributed by atoms with Crippen LogP contribution in [0.5, 0.6) is 0 Å². The Bertz CT molecular complexity index is 1410. The topological polar surface area (TPSA) is 164 Å². The van der Waals surface area contributed by atoms with Crippen LogP contribution in [-0.2, 0) is 40.4 Å². The predicted molar refractivity (Wildman–Crippen MR) is 178 cm³/mol. The molecule has 0 fully saturated rings. The number of ketones is 1. The zero-order chi connectivity index (χ0) is 34.4. The number of nitrogens with one attached hydrogen (secondary N) is 2. The average Bonchev–Trinajstić information content (AvgIpc) is 3.05. The second kappa shape index (κ2) is 19.7. The number of unbranched alkanes of at least 4 members (excludes halogenated alkanes) is 1. The summed E-state index contributed by atoms with van der Waals surface area (Å²) >= 11 is 12.7. The van der Waals surface area contributed by atoms with Crippen molar-refractivity contribution in [2.75, 3.05) is 66.3 Å². The zero-order valence-corrected chi connectivity index (χ0v) is 29.1. The quantitative estimate of drug-likeness (QED) is 0.141. The molecule has 2 aromatic rings. The molecule has 1 amide bonds. The summed E-state index contributed by atoms with van der Waals surface area (Å²) in [4.78, 5) is 26.0. The van der Waals surface area contributed by atoms with Crippen molar-refractivity contribution in [2.45, 2.75) is 55.8 Å². The maximum atomic E-state index is 12.8. The number of carbonyl (C=O) groups is 2. The van der Waals surface area contributed by atoms with Crippen molar-refractivity contribution in [3.05, 3.63) is 63.1 Å². The van der Waals surface area contributed by atoms with Crippen molar-refractivity contribution >= 4 is 44.9 Å². The third-order valence-corrected chi connectivity index (χ3v) is 9.62. The second-order valence-corrected chi connectivity index (χ2v) is 13.9. The Kier molecular flexibility index (Phi) is 16.5. The molecule has 0 bridgehead atoms. The lowest BCUT2D eigenvalue weighted by molar-refractivity contribution is -0.145. The standard InChI is InChI=1S/C32H45Cl2N3O9S/c1-3-4-5-29(38)30(39)31(40)32(41)35-10-12-44-14-16-46-17-15-45-13-11-36-47(42,43)24-8-6-22(7-9-24)26-20-37(2)21-27-25(26)18-23(33)19-28(27)34/h6-9,18-19,26,30-31,36,39-40H,3-5,10-17,20-21H2,1-2H3,(H,35,41)/t26-,30-,31+/m0/s1. The van der Waals surface area contributed by atoms with E-state index in [9.17, 15) is 28.2 Å². The van der Waals surface area contributed by atoms with Gasteiger partial charge in [-0.05, 0) is 54.4 Å². The van der Waals surface area contributed by atoms with E-state index in [0.29, 0.717) is 16.5 Å². The van der Waals surface area contributed by atoms with Gasteiger partial charge in [0.2, 0.25) is 10.0 Å². The van der Waals surface area contributed by atoms with Gasteiger partial charge in [0.15, 0.2) is 11.9 Å². The van der Waals surface area contributed by atoms with Gasteiger partial charge in [-0.25, -0.2) is 13.1 Å². The van der Waals surface area contributed by atoms with Crippen LogP contribution in [0.1, 0.15) is 48.8 Å². The summed E-state index contributed by atoms with van der Waals surface area (Å²) in [5, 5.41) is 23.2. The summed E-state index contributed by atoms with van der Waals surface area (Å²) < 4.78 is 44.3. The Labute approximate surface area is 286 Å². The van der Waals surface area contributed by atoms with Gasteiger partial charge in [-0.15, -0.1) is 0 Å². The van der Waals surface area contributed by atoms with E-state index in [4.69, 9.17) is 37.4 Å². The van der Waals surface area contributed by atoms with Crippen molar-refractivity contribution < 1.29 is 42.4 Å². The van der Waals surface area contributed by atoms with Crippen LogP contribution in [0.15, 0.2) is 41.3 Å². The lowest BCUT2D eigenvalue weighted by atomic mass is 9.85. The number of halogens is 2. The minimum absolute atomic E-state index is 0.00844. The lowest BCUT2D eigenvalue weighted by Crippen LogP contribution is -2.46. The van der Waals surface area contributed by atoms with Crippen molar-refractivity contribution in [3.63, 3.8) is 0 Å². The van der Waals surface area contributed by atoms with Crippen LogP contribution in [0.4, 0.5) is 0 Å². The Morgan fingerprint density at radius 1 is 0.957 bits per heavy atom. The molecular weight excluding hydrogens is 673 g/mol. The SMILES string of the molecule is CCCCC(=O)[C@H](O)[C@@H](O)C(=O)NCCOCCOCCOCCNS(=O)(=O)c1ccc([C@@H]2CN(C)Cc3c(Cl)cc(Cl)cc32)cc1. The molecule has 3 rings (SSSR count). The Morgan fingerprint density at radius 2 is 1.57 bits per heavy atom. The van der Waals surface area contributed by atoms with Gasteiger partial charge in [-0.3, -0.25) is 9.59 Å². The normalized spacial score (nSPS) is 16.4. The number of aliphatic hydroxyl groups is 2. The Hall–Kier alpha value is -2.17. The van der Waals surface area contributed by atoms with Crippen LogP contribution in [-0.4, -0.2) is 114 Å². The summed E-state index contributed by atoms with van der Waals surface area (Å²) in [7, 11) is -1.71. The molecule has 0 aromatic heterocycles. The Morgan fingerprint density at radius 3 is 2.21 bits per heavy atom. The summed E-state index contributed by atoms with van der Waals surface area (Å²) in [6, 6.07) is 10.5. The minimum atomic E-state index is -3.72. The van der Waals surface area contributed by atoms with Crippen molar-refractivity contribution in [1.82, 2.24) is 14.9 Å². The van der Waals surface area contributed by atoms with E-state index in [-0.39, 0.29) is 70.0 Å². The molecule has 12 nitrogen and oxygen atoms in total. The summed E-state index contributed by atoms with van der Waals surface area (Å²) in [6.07, 6.45) is -2.12. The molecule has 3 atom stereocenters. The van der Waals surface area contributed by atoms with Crippen LogP contribution >= 0.6 is 23.2 Å². The highest BCUT2D eigenvalue weighted by Crippen LogP contribution is 2.38. The van der Waals surface area contributed by atoms with E-state index in [2.05, 4.69) is 14.9 Å². The minimum Gasteiger partial charge on any atom is -0.382 e. The first-order valence-electron chi connectivity index (χ1n) is 15.6. The molecule has 0 unspecified atom stereocenters. The monoisotopic (exact) mass is 717 g/mol. The van der Waals surface area contributed by atoms with Gasteiger partial charge >= 0.3 is 0 Å². The second-order valence-electron chi connectivity index (χ2n) is 11.3. The van der Waals surface area contributed by atoms with E-state index in [1.165, 1.54) is 0 Å². The number of hydrogen-bond donors (Lipinski definition) is 4. The number of ether oxygens (including phenoxy) is 3. The van der Waals surface area contributed by atoms with Gasteiger partial charge in [0.25, 0.3) is 5.91 Å². The first kappa shape index (κ1) is 39.3. The number of rotatable bonds is 21. The zero-order valence-electron chi connectivity index (χ0n) is 26.8. The van der Waals surface area contributed by atoms with E-state index >= 15 is 0 Å². The number of sulfonamides is 1. The van der Waals surface area contributed by atoms with Gasteiger partial charge < -0.3 is 34.6 Å². The molecule has 1 aliphatic rings. The summed E-state index contributed by atoms with van der Waals surface area (Å²) in [6.45, 7) is 4.92. The molecule has 0 aliphatic carbocycles. The van der Waals surface area contributed by atoms with E-state index in [0.717, 1.165) is 36.2 Å². The summed E-state index contributed by atoms with van der Waals surface area (Å²) in [5.41, 5.74) is 3.05. The fourth-order valence-electron chi connectivity index (χ4n) is 5.05. The lowest BCUT2D eigenvalue weighted by Gasteiger charge is -2.33. The van der Waals surface area contributed by atoms with E-state index in [1.54, 1.807) is 18.2 Å². The van der Waals surface area contributed by atoms with Crippen LogP contribution in [0.3, 0.4) is 0 Å². The molecule has 0 saturated heterocycles. The largest absolute Gasteiger partial charge is 0.382 e. The fourth-order valence-corrected chi connectivity index (χ4v) is 6.63. The smallest absolute Gasteiger partial charge is 0.252 e. The first-order chi connectivity index (χ1) is 22.4. The third kappa shape index (κ3) is 12.3. The van der Waals surface area contributed by atoms with E-state index in [1.807, 2.05) is 32.2 Å². The Balaban J connectivity index is 1.26. The van der Waals surface area contributed by atoms with Crippen LogP contribution in [0.2, 0.25) is 10.0 Å². The van der Waals surface area contributed by atoms with Gasteiger partial charge in [0.05, 0.1) is 44.5 Å². The van der Waals surface area contributed by atoms with Crippen LogP contribution in [0, 0.1) is 0 Å². The van der Waals surface area contributed by atoms with Crippen molar-refractivity contribution in [3.8, 4) is 0 Å². The molecule has 0 spiro atoms. The van der Waals surface area contributed by atoms with Crippen molar-refractivity contribution in [1.29, 1.82) is 0 Å². The first-order valence-corrected chi connectivity index (χ1v) is 17.8. The number of hydrogen-bond acceptors (Lipinski definition) is 10. The number of nitrogens with zero attached hydrogens (tertiary/aromatic N) is 1. The number of aliphatic hydroxyl groups excluding tert-OH is 2. The maximum absolute atomic E-state index is 12.8. The molecule has 1 aliphatic heterocycles. The average molecular weight is 719 g/mol. The molecular formula is C32H45Cl2N3O9S. The number of benzene rings is 2. The predicted octanol–water partition coefficient (Wildman–Crippen LogP) is 2.50. The third-order valence-electron chi connectivity index (χ3n) is 7.59. The van der Waals surface area contributed by atoms with Gasteiger partial charge in [0, 0.05) is 48.6 Å². The number of Topliss-reactive ketones (excluding diaryl/α,β-unsaturated/α-hetero) is 1. The highest BCUT2D eigenvalue weighted by Gasteiger charge is 2.29. The number of fused-ring (bicyclic) bond motifs is 1. The van der Waals surface area contributed by atoms with Gasteiger partial charge in [-0.1, -0.05) is 48.7 Å². The fraction of sp³-hybridized carbons (Fsp3) is 0.562. The van der Waals surface area contributed by atoms with Crippen LogP contribution < -0.4 is 10.0 Å². The molecule has 0 radical (unpaired) electrons. The molecule has 15 heteroatoms. The van der Waals surface area contributed by atoms with Gasteiger partial charge in [-0.2, -0.15) is 0 Å². The maximum Gasteiger partial charge on any atom is 0.252 e. The van der Waals surface area contributed by atoms with Gasteiger partial charge in [0.1, 0.15) is 6.10 Å². The number of amides is 1. The highest BCUT2D eigenvalue weighted by atomic mass is 35.5. The molecule has 2 aromatic carbocycles. The van der Waals surface area contributed by atoms with E-state index < -0.39 is 33.9 Å². The molecule has 1 heterocycles. The number of likely N-dealkylation sites (N-methyl/N-ethyl adjacent to an activating group) is 1. The molecule has 4 N–H and O–H groups in total. The number of carbonyl (C=O) groups excluding carboxylic acids is 2. The van der Waals surface area contributed by atoms with Crippen molar-refractivity contribution in [2.24, 2.45) is 0 Å². The molecule has 262 valence electrons. The molecule has 0 saturated carbocycles.